The molecule has 0 bridgehead atoms. The summed E-state index contributed by atoms with van der Waals surface area (Å²) in [7, 11) is 0. The van der Waals surface area contributed by atoms with Gasteiger partial charge in [-0.15, -0.1) is 0 Å². The largest absolute Gasteiger partial charge is 0.356 e. The van der Waals surface area contributed by atoms with Crippen LogP contribution < -0.4 is 4.90 Å². The summed E-state index contributed by atoms with van der Waals surface area (Å²) in [5.41, 5.74) is 0.874. The van der Waals surface area contributed by atoms with E-state index < -0.39 is 0 Å². The zero-order chi connectivity index (χ0) is 17.6. The van der Waals surface area contributed by atoms with Crippen LogP contribution in [0.3, 0.4) is 0 Å². The molecule has 25 heavy (non-hydrogen) atoms. The van der Waals surface area contributed by atoms with E-state index in [2.05, 4.69) is 40.7 Å². The highest BCUT2D eigenvalue weighted by molar-refractivity contribution is 5.87. The molecule has 0 saturated carbocycles. The Hall–Kier alpha value is -1.69. The van der Waals surface area contributed by atoms with Crippen molar-refractivity contribution in [1.82, 2.24) is 24.6 Å². The minimum absolute atomic E-state index is 0.0808. The fourth-order valence-electron chi connectivity index (χ4n) is 4.28. The van der Waals surface area contributed by atoms with Gasteiger partial charge in [0.2, 0.25) is 0 Å². The number of likely N-dealkylation sites (tertiary alicyclic amines) is 1. The number of rotatable bonds is 2. The summed E-state index contributed by atoms with van der Waals surface area (Å²) >= 11 is 0. The molecular weight excluding hydrogens is 312 g/mol. The van der Waals surface area contributed by atoms with Gasteiger partial charge in [0, 0.05) is 19.1 Å². The van der Waals surface area contributed by atoms with Gasteiger partial charge in [0.15, 0.2) is 5.65 Å². The number of anilines is 1. The lowest BCUT2D eigenvalue weighted by atomic mass is 10.0. The summed E-state index contributed by atoms with van der Waals surface area (Å²) in [6.45, 7) is 13.2. The summed E-state index contributed by atoms with van der Waals surface area (Å²) in [6.07, 6.45) is 7.16. The molecule has 2 saturated heterocycles. The number of fused-ring (bicyclic) bond motifs is 1. The smallest absolute Gasteiger partial charge is 0.164 e. The van der Waals surface area contributed by atoms with Crippen molar-refractivity contribution in [3.63, 3.8) is 0 Å². The molecule has 4 rings (SSSR count). The van der Waals surface area contributed by atoms with Crippen LogP contribution in [0.25, 0.3) is 11.0 Å². The third kappa shape index (κ3) is 3.12. The summed E-state index contributed by atoms with van der Waals surface area (Å²) in [6, 6.07) is 0.759. The molecule has 136 valence electrons. The van der Waals surface area contributed by atoms with Crippen LogP contribution in [-0.4, -0.2) is 56.9 Å². The predicted octanol–water partition coefficient (Wildman–Crippen LogP) is 2.95. The van der Waals surface area contributed by atoms with E-state index in [0.717, 1.165) is 41.8 Å². The molecule has 0 atom stereocenters. The van der Waals surface area contributed by atoms with Crippen LogP contribution >= 0.6 is 0 Å². The number of aryl methyl sites for hydroxylation is 1. The molecule has 2 aliphatic rings. The van der Waals surface area contributed by atoms with Crippen LogP contribution in [0, 0.1) is 6.92 Å². The standard InChI is InChI=1S/C19H30N6/c1-14-21-17(16-13-20-25(18(16)22-14)19(2,3)4)24-11-7-15(8-12-24)23-9-5-6-10-23/h13,15H,5-12H2,1-4H3. The molecule has 0 unspecified atom stereocenters. The average Bonchev–Trinajstić information content (AvgIpc) is 3.23. The number of nitrogens with zero attached hydrogens (tertiary/aromatic N) is 6. The second-order valence-electron chi connectivity index (χ2n) is 8.52. The van der Waals surface area contributed by atoms with Gasteiger partial charge in [-0.3, -0.25) is 0 Å². The van der Waals surface area contributed by atoms with Crippen molar-refractivity contribution < 1.29 is 0 Å². The van der Waals surface area contributed by atoms with E-state index in [1.807, 2.05) is 17.8 Å². The third-order valence-corrected chi connectivity index (χ3v) is 5.58. The van der Waals surface area contributed by atoms with E-state index in [1.54, 1.807) is 0 Å². The van der Waals surface area contributed by atoms with Gasteiger partial charge in [0.05, 0.1) is 17.1 Å². The molecule has 2 aliphatic heterocycles. The molecule has 0 amide bonds. The lowest BCUT2D eigenvalue weighted by Gasteiger charge is -2.37. The highest BCUT2D eigenvalue weighted by atomic mass is 15.3. The number of aromatic nitrogens is 4. The highest BCUT2D eigenvalue weighted by Gasteiger charge is 2.29. The Balaban J connectivity index is 1.60. The number of hydrogen-bond acceptors (Lipinski definition) is 5. The van der Waals surface area contributed by atoms with E-state index >= 15 is 0 Å². The molecule has 6 nitrogen and oxygen atoms in total. The van der Waals surface area contributed by atoms with Gasteiger partial charge in [-0.25, -0.2) is 14.6 Å². The van der Waals surface area contributed by atoms with Crippen molar-refractivity contribution >= 4 is 16.9 Å². The number of piperidine rings is 1. The normalized spacial score (nSPS) is 20.7. The first kappa shape index (κ1) is 16.8. The Morgan fingerprint density at radius 1 is 1.00 bits per heavy atom. The monoisotopic (exact) mass is 342 g/mol. The summed E-state index contributed by atoms with van der Waals surface area (Å²) < 4.78 is 2.03. The fourth-order valence-corrected chi connectivity index (χ4v) is 4.28. The third-order valence-electron chi connectivity index (χ3n) is 5.58. The summed E-state index contributed by atoms with van der Waals surface area (Å²) in [4.78, 5) is 14.6. The SMILES string of the molecule is Cc1nc(N2CCC(N3CCCC3)CC2)c2cnn(C(C)(C)C)c2n1. The van der Waals surface area contributed by atoms with E-state index in [0.29, 0.717) is 0 Å². The molecule has 6 heteroatoms. The summed E-state index contributed by atoms with van der Waals surface area (Å²) in [5.74, 6) is 1.90. The van der Waals surface area contributed by atoms with E-state index in [-0.39, 0.29) is 5.54 Å². The molecule has 0 aromatic carbocycles. The van der Waals surface area contributed by atoms with Gasteiger partial charge in [0.1, 0.15) is 11.6 Å². The molecule has 0 spiro atoms. The number of hydrogen-bond donors (Lipinski definition) is 0. The minimum Gasteiger partial charge on any atom is -0.356 e. The van der Waals surface area contributed by atoms with Crippen LogP contribution in [0.5, 0.6) is 0 Å². The average molecular weight is 342 g/mol. The molecule has 2 aromatic heterocycles. The van der Waals surface area contributed by atoms with Crippen LogP contribution in [0.2, 0.25) is 0 Å². The minimum atomic E-state index is -0.0808. The molecule has 4 heterocycles. The Morgan fingerprint density at radius 2 is 1.68 bits per heavy atom. The van der Waals surface area contributed by atoms with Gasteiger partial charge in [-0.05, 0) is 66.5 Å². The molecule has 0 radical (unpaired) electrons. The zero-order valence-electron chi connectivity index (χ0n) is 16.0. The van der Waals surface area contributed by atoms with Gasteiger partial charge in [-0.1, -0.05) is 0 Å². The Morgan fingerprint density at radius 3 is 2.32 bits per heavy atom. The Kier molecular flexibility index (Phi) is 4.18. The van der Waals surface area contributed by atoms with Crippen molar-refractivity contribution in [2.75, 3.05) is 31.1 Å². The van der Waals surface area contributed by atoms with Gasteiger partial charge < -0.3 is 9.80 Å². The van der Waals surface area contributed by atoms with Gasteiger partial charge >= 0.3 is 0 Å². The molecular formula is C19H30N6. The van der Waals surface area contributed by atoms with Crippen molar-refractivity contribution in [1.29, 1.82) is 0 Å². The van der Waals surface area contributed by atoms with Crippen LogP contribution in [-0.2, 0) is 5.54 Å². The zero-order valence-corrected chi connectivity index (χ0v) is 16.0. The van der Waals surface area contributed by atoms with Crippen molar-refractivity contribution in [3.05, 3.63) is 12.0 Å². The van der Waals surface area contributed by atoms with Gasteiger partial charge in [0.25, 0.3) is 0 Å². The molecule has 0 N–H and O–H groups in total. The maximum absolute atomic E-state index is 4.79. The van der Waals surface area contributed by atoms with Gasteiger partial charge in [-0.2, -0.15) is 5.10 Å². The quantitative estimate of drug-likeness (QED) is 0.840. The second kappa shape index (κ2) is 6.24. The maximum atomic E-state index is 4.79. The van der Waals surface area contributed by atoms with E-state index in [9.17, 15) is 0 Å². The Bertz CT molecular complexity index is 745. The fraction of sp³-hybridized carbons (Fsp3) is 0.737. The first-order chi connectivity index (χ1) is 11.9. The predicted molar refractivity (Wildman–Crippen MR) is 101 cm³/mol. The van der Waals surface area contributed by atoms with Crippen molar-refractivity contribution in [2.24, 2.45) is 0 Å². The molecule has 0 aliphatic carbocycles. The van der Waals surface area contributed by atoms with E-state index in [1.165, 1.54) is 38.8 Å². The molecule has 2 aromatic rings. The lowest BCUT2D eigenvalue weighted by molar-refractivity contribution is 0.207. The lowest BCUT2D eigenvalue weighted by Crippen LogP contribution is -2.44. The topological polar surface area (TPSA) is 50.1 Å². The first-order valence-electron chi connectivity index (χ1n) is 9.65. The van der Waals surface area contributed by atoms with Crippen molar-refractivity contribution in [3.8, 4) is 0 Å². The molecule has 2 fully saturated rings. The maximum Gasteiger partial charge on any atom is 0.164 e. The van der Waals surface area contributed by atoms with Crippen LogP contribution in [0.4, 0.5) is 5.82 Å². The summed E-state index contributed by atoms with van der Waals surface area (Å²) in [5, 5.41) is 5.70. The first-order valence-corrected chi connectivity index (χ1v) is 9.65. The Labute approximate surface area is 150 Å². The highest BCUT2D eigenvalue weighted by Crippen LogP contribution is 2.30. The van der Waals surface area contributed by atoms with Crippen LogP contribution in [0.15, 0.2) is 6.20 Å². The van der Waals surface area contributed by atoms with E-state index in [4.69, 9.17) is 4.98 Å². The van der Waals surface area contributed by atoms with Crippen LogP contribution in [0.1, 0.15) is 52.3 Å². The van der Waals surface area contributed by atoms with Crippen molar-refractivity contribution in [2.45, 2.75) is 65.0 Å². The second-order valence-corrected chi connectivity index (χ2v) is 8.52.